The molecule has 1 saturated heterocycles. The summed E-state index contributed by atoms with van der Waals surface area (Å²) in [5.74, 6) is 0.301. The van der Waals surface area contributed by atoms with Gasteiger partial charge in [0.25, 0.3) is 5.91 Å². The van der Waals surface area contributed by atoms with E-state index in [9.17, 15) is 9.18 Å². The maximum Gasteiger partial charge on any atom is 0.264 e. The SMILES string of the molecule is CN(C(=O)c1sc2cccc(F)c2c1COc1ccccc1)C1CCNC1.Cl. The molecule has 1 fully saturated rings. The van der Waals surface area contributed by atoms with Gasteiger partial charge in [0, 0.05) is 35.3 Å². The van der Waals surface area contributed by atoms with Gasteiger partial charge in [0.1, 0.15) is 18.2 Å². The molecule has 28 heavy (non-hydrogen) atoms. The number of ether oxygens (including phenoxy) is 1. The first-order valence-corrected chi connectivity index (χ1v) is 9.82. The monoisotopic (exact) mass is 420 g/mol. The summed E-state index contributed by atoms with van der Waals surface area (Å²) >= 11 is 1.34. The minimum Gasteiger partial charge on any atom is -0.489 e. The van der Waals surface area contributed by atoms with E-state index < -0.39 is 0 Å². The Bertz CT molecular complexity index is 958. The minimum absolute atomic E-state index is 0. The number of thiophene rings is 1. The van der Waals surface area contributed by atoms with Crippen LogP contribution in [0.2, 0.25) is 0 Å². The van der Waals surface area contributed by atoms with E-state index in [0.717, 1.165) is 24.2 Å². The summed E-state index contributed by atoms with van der Waals surface area (Å²) in [4.78, 5) is 15.5. The molecule has 0 saturated carbocycles. The van der Waals surface area contributed by atoms with Crippen LogP contribution in [0.5, 0.6) is 5.75 Å². The van der Waals surface area contributed by atoms with Gasteiger partial charge in [0.05, 0.1) is 4.88 Å². The molecule has 4 nitrogen and oxygen atoms in total. The highest BCUT2D eigenvalue weighted by Crippen LogP contribution is 2.35. The van der Waals surface area contributed by atoms with Crippen LogP contribution in [0.15, 0.2) is 48.5 Å². The fraction of sp³-hybridized carbons (Fsp3) is 0.286. The molecule has 0 aliphatic carbocycles. The molecule has 2 aromatic carbocycles. The van der Waals surface area contributed by atoms with Crippen molar-refractivity contribution in [3.8, 4) is 5.75 Å². The molecule has 4 rings (SSSR count). The van der Waals surface area contributed by atoms with E-state index in [1.165, 1.54) is 17.4 Å². The number of likely N-dealkylation sites (N-methyl/N-ethyl adjacent to an activating group) is 1. The van der Waals surface area contributed by atoms with Gasteiger partial charge in [0.15, 0.2) is 0 Å². The summed E-state index contributed by atoms with van der Waals surface area (Å²) in [6.07, 6.45) is 0.928. The van der Waals surface area contributed by atoms with Crippen molar-refractivity contribution >= 4 is 39.7 Å². The lowest BCUT2D eigenvalue weighted by Gasteiger charge is -2.23. The van der Waals surface area contributed by atoms with Crippen LogP contribution in [-0.2, 0) is 6.61 Å². The lowest BCUT2D eigenvalue weighted by molar-refractivity contribution is 0.0746. The zero-order chi connectivity index (χ0) is 18.8. The number of nitrogens with one attached hydrogen (secondary N) is 1. The third-order valence-electron chi connectivity index (χ3n) is 4.99. The van der Waals surface area contributed by atoms with Gasteiger partial charge in [-0.2, -0.15) is 0 Å². The zero-order valence-corrected chi connectivity index (χ0v) is 17.1. The molecule has 148 valence electrons. The molecule has 7 heteroatoms. The summed E-state index contributed by atoms with van der Waals surface area (Å²) in [6, 6.07) is 14.5. The predicted octanol–water partition coefficient (Wildman–Crippen LogP) is 4.48. The van der Waals surface area contributed by atoms with Gasteiger partial charge in [-0.3, -0.25) is 4.79 Å². The summed E-state index contributed by atoms with van der Waals surface area (Å²) in [7, 11) is 1.82. The first kappa shape index (κ1) is 20.6. The molecule has 1 aliphatic heterocycles. The van der Waals surface area contributed by atoms with Gasteiger partial charge in [-0.15, -0.1) is 23.7 Å². The van der Waals surface area contributed by atoms with E-state index >= 15 is 0 Å². The Morgan fingerprint density at radius 1 is 1.25 bits per heavy atom. The van der Waals surface area contributed by atoms with Gasteiger partial charge < -0.3 is 15.0 Å². The summed E-state index contributed by atoms with van der Waals surface area (Å²) in [5, 5.41) is 3.77. The highest BCUT2D eigenvalue weighted by Gasteiger charge is 2.28. The van der Waals surface area contributed by atoms with Crippen LogP contribution in [0.1, 0.15) is 21.7 Å². The van der Waals surface area contributed by atoms with Crippen LogP contribution < -0.4 is 10.1 Å². The maximum atomic E-state index is 14.6. The third kappa shape index (κ3) is 3.99. The van der Waals surface area contributed by atoms with Crippen LogP contribution in [0.4, 0.5) is 4.39 Å². The van der Waals surface area contributed by atoms with Crippen LogP contribution in [0.3, 0.4) is 0 Å². The summed E-state index contributed by atoms with van der Waals surface area (Å²) in [6.45, 7) is 1.85. The third-order valence-corrected chi connectivity index (χ3v) is 6.17. The number of para-hydroxylation sites is 1. The van der Waals surface area contributed by atoms with Gasteiger partial charge in [-0.25, -0.2) is 4.39 Å². The molecular weight excluding hydrogens is 399 g/mol. The Morgan fingerprint density at radius 2 is 2.04 bits per heavy atom. The topological polar surface area (TPSA) is 41.6 Å². The van der Waals surface area contributed by atoms with E-state index in [0.29, 0.717) is 21.6 Å². The molecular formula is C21H22ClFN2O2S. The number of benzene rings is 2. The Labute approximate surface area is 173 Å². The van der Waals surface area contributed by atoms with Crippen molar-refractivity contribution in [1.82, 2.24) is 10.2 Å². The van der Waals surface area contributed by atoms with E-state index in [1.807, 2.05) is 43.4 Å². The second-order valence-corrected chi connectivity index (χ2v) is 7.74. The quantitative estimate of drug-likeness (QED) is 0.661. The van der Waals surface area contributed by atoms with Gasteiger partial charge in [0.2, 0.25) is 0 Å². The first-order chi connectivity index (χ1) is 13.1. The maximum absolute atomic E-state index is 14.6. The number of fused-ring (bicyclic) bond motifs is 1. The van der Waals surface area contributed by atoms with Crippen molar-refractivity contribution in [3.05, 3.63) is 64.8 Å². The number of hydrogen-bond donors (Lipinski definition) is 1. The number of amides is 1. The molecule has 1 aliphatic rings. The molecule has 0 radical (unpaired) electrons. The highest BCUT2D eigenvalue weighted by molar-refractivity contribution is 7.21. The number of carbonyl (C=O) groups is 1. The van der Waals surface area contributed by atoms with E-state index in [-0.39, 0.29) is 36.8 Å². The molecule has 1 aromatic heterocycles. The fourth-order valence-electron chi connectivity index (χ4n) is 3.45. The number of carbonyl (C=O) groups excluding carboxylic acids is 1. The number of hydrogen-bond acceptors (Lipinski definition) is 4. The molecule has 0 spiro atoms. The Morgan fingerprint density at radius 3 is 2.75 bits per heavy atom. The zero-order valence-electron chi connectivity index (χ0n) is 15.5. The highest BCUT2D eigenvalue weighted by atomic mass is 35.5. The van der Waals surface area contributed by atoms with E-state index in [1.54, 1.807) is 11.0 Å². The van der Waals surface area contributed by atoms with E-state index in [4.69, 9.17) is 4.74 Å². The molecule has 1 amide bonds. The smallest absolute Gasteiger partial charge is 0.264 e. The van der Waals surface area contributed by atoms with Crippen LogP contribution in [0, 0.1) is 5.82 Å². The Kier molecular flexibility index (Phi) is 6.54. The van der Waals surface area contributed by atoms with Gasteiger partial charge in [-0.1, -0.05) is 24.3 Å². The molecule has 2 heterocycles. The van der Waals surface area contributed by atoms with Gasteiger partial charge in [-0.05, 0) is 37.2 Å². The van der Waals surface area contributed by atoms with Crippen LogP contribution in [0.25, 0.3) is 10.1 Å². The lowest BCUT2D eigenvalue weighted by atomic mass is 10.1. The second-order valence-electron chi connectivity index (χ2n) is 6.69. The van der Waals surface area contributed by atoms with Gasteiger partial charge >= 0.3 is 0 Å². The lowest BCUT2D eigenvalue weighted by Crippen LogP contribution is -2.38. The molecule has 1 N–H and O–H groups in total. The number of halogens is 2. The van der Waals surface area contributed by atoms with Crippen molar-refractivity contribution in [1.29, 1.82) is 0 Å². The normalized spacial score (nSPS) is 16.0. The molecule has 0 bridgehead atoms. The predicted molar refractivity (Wildman–Crippen MR) is 113 cm³/mol. The fourth-order valence-corrected chi connectivity index (χ4v) is 4.65. The minimum atomic E-state index is -0.320. The first-order valence-electron chi connectivity index (χ1n) is 9.01. The average molecular weight is 421 g/mol. The van der Waals surface area contributed by atoms with Crippen LogP contribution >= 0.6 is 23.7 Å². The Hall–Kier alpha value is -2.15. The number of nitrogens with zero attached hydrogens (tertiary/aromatic N) is 1. The van der Waals surface area contributed by atoms with Crippen molar-refractivity contribution in [2.45, 2.75) is 19.1 Å². The second kappa shape index (κ2) is 8.90. The number of rotatable bonds is 5. The molecule has 1 unspecified atom stereocenters. The van der Waals surface area contributed by atoms with Crippen molar-refractivity contribution in [3.63, 3.8) is 0 Å². The largest absolute Gasteiger partial charge is 0.489 e. The van der Waals surface area contributed by atoms with Crippen LogP contribution in [-0.4, -0.2) is 37.0 Å². The molecule has 3 aromatic rings. The average Bonchev–Trinajstić information content (AvgIpc) is 3.35. The Balaban J connectivity index is 0.00000225. The van der Waals surface area contributed by atoms with Crippen molar-refractivity contribution in [2.75, 3.05) is 20.1 Å². The standard InChI is InChI=1S/C21H21FN2O2S.ClH/c1-24(14-10-11-23-12-14)21(25)20-16(13-26-15-6-3-2-4-7-15)19-17(22)8-5-9-18(19)27-20;/h2-9,14,23H,10-13H2,1H3;1H. The van der Waals surface area contributed by atoms with Crippen molar-refractivity contribution < 1.29 is 13.9 Å². The molecule has 1 atom stereocenters. The van der Waals surface area contributed by atoms with Crippen molar-refractivity contribution in [2.24, 2.45) is 0 Å². The van der Waals surface area contributed by atoms with E-state index in [2.05, 4.69) is 5.32 Å². The summed E-state index contributed by atoms with van der Waals surface area (Å²) < 4.78 is 21.2. The summed E-state index contributed by atoms with van der Waals surface area (Å²) in [5.41, 5.74) is 0.625.